The van der Waals surface area contributed by atoms with Crippen molar-refractivity contribution in [2.45, 2.75) is 6.92 Å². The van der Waals surface area contributed by atoms with Crippen LogP contribution < -0.4 is 0 Å². The molecule has 76 valence electrons. The van der Waals surface area contributed by atoms with Crippen molar-refractivity contribution in [1.29, 1.82) is 0 Å². The standard InChI is InChI=1S/C11H9NO2S/c1-9(14)15-6-2-3-11-5-4-10(8-13)7-12-11/h4-5,7-8H,6H2,1H3. The normalized spacial score (nSPS) is 8.87. The van der Waals surface area contributed by atoms with Crippen molar-refractivity contribution >= 4 is 23.2 Å². The van der Waals surface area contributed by atoms with E-state index in [1.807, 2.05) is 0 Å². The minimum atomic E-state index is 0.0496. The predicted molar refractivity (Wildman–Crippen MR) is 59.6 cm³/mol. The lowest BCUT2D eigenvalue weighted by Crippen LogP contribution is -1.86. The van der Waals surface area contributed by atoms with E-state index in [9.17, 15) is 9.59 Å². The molecule has 3 nitrogen and oxygen atoms in total. The van der Waals surface area contributed by atoms with Crippen molar-refractivity contribution in [2.24, 2.45) is 0 Å². The van der Waals surface area contributed by atoms with Crippen molar-refractivity contribution in [3.63, 3.8) is 0 Å². The molecule has 0 aromatic carbocycles. The van der Waals surface area contributed by atoms with Crippen molar-refractivity contribution in [3.8, 4) is 11.8 Å². The molecule has 0 aliphatic carbocycles. The molecule has 1 aromatic rings. The molecule has 0 saturated carbocycles. The van der Waals surface area contributed by atoms with Gasteiger partial charge in [0.05, 0.1) is 5.75 Å². The van der Waals surface area contributed by atoms with Crippen LogP contribution in [0.5, 0.6) is 0 Å². The summed E-state index contributed by atoms with van der Waals surface area (Å²) in [6.07, 6.45) is 2.20. The zero-order chi connectivity index (χ0) is 11.1. The Hall–Kier alpha value is -1.60. The Labute approximate surface area is 92.3 Å². The Kier molecular flexibility index (Phi) is 4.58. The van der Waals surface area contributed by atoms with E-state index in [1.54, 1.807) is 12.1 Å². The molecule has 0 atom stereocenters. The molecule has 0 radical (unpaired) electrons. The molecule has 0 fully saturated rings. The third-order valence-corrected chi connectivity index (χ3v) is 2.18. The quantitative estimate of drug-likeness (QED) is 0.559. The van der Waals surface area contributed by atoms with Gasteiger partial charge in [0.25, 0.3) is 0 Å². The molecule has 0 spiro atoms. The van der Waals surface area contributed by atoms with E-state index in [2.05, 4.69) is 16.8 Å². The summed E-state index contributed by atoms with van der Waals surface area (Å²) < 4.78 is 0. The Morgan fingerprint density at radius 3 is 2.93 bits per heavy atom. The van der Waals surface area contributed by atoms with Gasteiger partial charge in [0.15, 0.2) is 11.4 Å². The van der Waals surface area contributed by atoms with Gasteiger partial charge in [0, 0.05) is 18.7 Å². The van der Waals surface area contributed by atoms with Crippen LogP contribution in [0.25, 0.3) is 0 Å². The van der Waals surface area contributed by atoms with E-state index >= 15 is 0 Å². The molecule has 15 heavy (non-hydrogen) atoms. The number of thioether (sulfide) groups is 1. The summed E-state index contributed by atoms with van der Waals surface area (Å²) in [7, 11) is 0. The molecule has 0 bridgehead atoms. The summed E-state index contributed by atoms with van der Waals surface area (Å²) in [5, 5.41) is 0.0496. The maximum atomic E-state index is 10.6. The Balaban J connectivity index is 2.56. The molecule has 0 unspecified atom stereocenters. The van der Waals surface area contributed by atoms with Gasteiger partial charge in [0.1, 0.15) is 5.69 Å². The van der Waals surface area contributed by atoms with E-state index in [1.165, 1.54) is 13.1 Å². The second kappa shape index (κ2) is 5.99. The fraction of sp³-hybridized carbons (Fsp3) is 0.182. The molecule has 0 saturated heterocycles. The van der Waals surface area contributed by atoms with Gasteiger partial charge in [-0.25, -0.2) is 4.98 Å². The first-order valence-corrected chi connectivity index (χ1v) is 5.24. The van der Waals surface area contributed by atoms with E-state index in [-0.39, 0.29) is 5.12 Å². The van der Waals surface area contributed by atoms with Crippen LogP contribution in [0, 0.1) is 11.8 Å². The largest absolute Gasteiger partial charge is 0.298 e. The molecule has 0 amide bonds. The average molecular weight is 219 g/mol. The van der Waals surface area contributed by atoms with Gasteiger partial charge >= 0.3 is 0 Å². The van der Waals surface area contributed by atoms with Crippen LogP contribution in [0.4, 0.5) is 0 Å². The number of aldehydes is 1. The second-order valence-electron chi connectivity index (χ2n) is 2.68. The number of nitrogens with zero attached hydrogens (tertiary/aromatic N) is 1. The highest BCUT2D eigenvalue weighted by Gasteiger charge is 1.91. The van der Waals surface area contributed by atoms with Gasteiger partial charge in [-0.05, 0) is 18.1 Å². The van der Waals surface area contributed by atoms with Gasteiger partial charge in [-0.1, -0.05) is 17.7 Å². The minimum Gasteiger partial charge on any atom is -0.298 e. The van der Waals surface area contributed by atoms with Crippen LogP contribution in [0.15, 0.2) is 18.3 Å². The van der Waals surface area contributed by atoms with Crippen LogP contribution in [0.3, 0.4) is 0 Å². The molecule has 1 rings (SSSR count). The fourth-order valence-corrected chi connectivity index (χ4v) is 1.16. The maximum absolute atomic E-state index is 10.6. The van der Waals surface area contributed by atoms with Gasteiger partial charge < -0.3 is 0 Å². The highest BCUT2D eigenvalue weighted by molar-refractivity contribution is 8.13. The highest BCUT2D eigenvalue weighted by atomic mass is 32.2. The minimum absolute atomic E-state index is 0.0496. The maximum Gasteiger partial charge on any atom is 0.186 e. The monoisotopic (exact) mass is 219 g/mol. The number of aromatic nitrogens is 1. The van der Waals surface area contributed by atoms with Gasteiger partial charge in [-0.3, -0.25) is 9.59 Å². The van der Waals surface area contributed by atoms with E-state index in [0.29, 0.717) is 17.0 Å². The number of pyridine rings is 1. The van der Waals surface area contributed by atoms with Crippen LogP contribution >= 0.6 is 11.8 Å². The van der Waals surface area contributed by atoms with Crippen molar-refractivity contribution in [3.05, 3.63) is 29.6 Å². The van der Waals surface area contributed by atoms with Gasteiger partial charge in [-0.2, -0.15) is 0 Å². The number of carbonyl (C=O) groups excluding carboxylic acids is 2. The van der Waals surface area contributed by atoms with Gasteiger partial charge in [0.2, 0.25) is 0 Å². The topological polar surface area (TPSA) is 47.0 Å². The summed E-state index contributed by atoms with van der Waals surface area (Å²) in [4.78, 5) is 24.9. The third kappa shape index (κ3) is 4.43. The summed E-state index contributed by atoms with van der Waals surface area (Å²) in [6, 6.07) is 3.33. The van der Waals surface area contributed by atoms with Gasteiger partial charge in [-0.15, -0.1) is 0 Å². The summed E-state index contributed by atoms with van der Waals surface area (Å²) in [6.45, 7) is 1.50. The fourth-order valence-electron chi connectivity index (χ4n) is 0.813. The van der Waals surface area contributed by atoms with E-state index in [4.69, 9.17) is 0 Å². The molecule has 4 heteroatoms. The first kappa shape index (κ1) is 11.5. The van der Waals surface area contributed by atoms with Crippen molar-refractivity contribution in [1.82, 2.24) is 4.98 Å². The molecule has 0 aliphatic rings. The van der Waals surface area contributed by atoms with Crippen LogP contribution in [0.2, 0.25) is 0 Å². The van der Waals surface area contributed by atoms with E-state index in [0.717, 1.165) is 18.0 Å². The lowest BCUT2D eigenvalue weighted by molar-refractivity contribution is -0.109. The second-order valence-corrected chi connectivity index (χ2v) is 3.83. The first-order valence-electron chi connectivity index (χ1n) is 4.26. The summed E-state index contributed by atoms with van der Waals surface area (Å²) in [5.74, 6) is 6.08. The molecule has 1 aromatic heterocycles. The lowest BCUT2D eigenvalue weighted by atomic mass is 10.3. The summed E-state index contributed by atoms with van der Waals surface area (Å²) in [5.41, 5.74) is 1.13. The first-order chi connectivity index (χ1) is 7.22. The molecule has 1 heterocycles. The Bertz CT molecular complexity index is 414. The van der Waals surface area contributed by atoms with Crippen LogP contribution in [0.1, 0.15) is 23.0 Å². The zero-order valence-corrected chi connectivity index (χ0v) is 9.00. The molecular weight excluding hydrogens is 210 g/mol. The molecule has 0 aliphatic heterocycles. The number of hydrogen-bond acceptors (Lipinski definition) is 4. The van der Waals surface area contributed by atoms with E-state index < -0.39 is 0 Å². The number of rotatable bonds is 2. The SMILES string of the molecule is CC(=O)SCC#Cc1ccc(C=O)cn1. The Morgan fingerprint density at radius 1 is 1.60 bits per heavy atom. The molecule has 0 N–H and O–H groups in total. The zero-order valence-electron chi connectivity index (χ0n) is 8.19. The van der Waals surface area contributed by atoms with Crippen LogP contribution in [-0.4, -0.2) is 22.1 Å². The number of carbonyl (C=O) groups is 2. The lowest BCUT2D eigenvalue weighted by Gasteiger charge is -1.90. The molecular formula is C11H9NO2S. The van der Waals surface area contributed by atoms with Crippen LogP contribution in [-0.2, 0) is 4.79 Å². The summed E-state index contributed by atoms with van der Waals surface area (Å²) >= 11 is 1.16. The highest BCUT2D eigenvalue weighted by Crippen LogP contribution is 1.99. The average Bonchev–Trinajstić information content (AvgIpc) is 2.25. The number of hydrogen-bond donors (Lipinski definition) is 0. The Morgan fingerprint density at radius 2 is 2.40 bits per heavy atom. The third-order valence-electron chi connectivity index (χ3n) is 1.49. The van der Waals surface area contributed by atoms with Crippen molar-refractivity contribution in [2.75, 3.05) is 5.75 Å². The predicted octanol–water partition coefficient (Wildman–Crippen LogP) is 1.53. The smallest absolute Gasteiger partial charge is 0.186 e. The van der Waals surface area contributed by atoms with Crippen molar-refractivity contribution < 1.29 is 9.59 Å².